The number of nitro groups is 1. The normalized spacial score (nSPS) is 9.09. The van der Waals surface area contributed by atoms with E-state index in [1.807, 2.05) is 0 Å². The first kappa shape index (κ1) is 7.26. The maximum Gasteiger partial charge on any atom is 0.305 e. The number of nitrogens with zero attached hydrogens (tertiary/aromatic N) is 3. The monoisotopic (exact) mass is 153 g/mol. The molecule has 1 rings (SSSR count). The molecular formula is C5H3N3O3. The lowest BCUT2D eigenvalue weighted by Crippen LogP contribution is -1.94. The van der Waals surface area contributed by atoms with Crippen molar-refractivity contribution in [3.05, 3.63) is 28.3 Å². The van der Waals surface area contributed by atoms with Gasteiger partial charge in [0.2, 0.25) is 0 Å². The van der Waals surface area contributed by atoms with Crippen molar-refractivity contribution in [2.45, 2.75) is 0 Å². The van der Waals surface area contributed by atoms with Crippen molar-refractivity contribution in [2.75, 3.05) is 0 Å². The molecule has 0 fully saturated rings. The Bertz CT molecular complexity index is 282. The molecule has 0 saturated carbocycles. The molecule has 1 heterocycles. The lowest BCUT2D eigenvalue weighted by molar-refractivity contribution is -0.385. The Hall–Kier alpha value is -1.85. The SMILES string of the molecule is O=Cc1ncc([N+](=O)[O-])cn1. The number of carbonyl (C=O) groups is 1. The summed E-state index contributed by atoms with van der Waals surface area (Å²) in [7, 11) is 0. The van der Waals surface area contributed by atoms with Crippen LogP contribution in [0.5, 0.6) is 0 Å². The summed E-state index contributed by atoms with van der Waals surface area (Å²) in [5.74, 6) is -0.0596. The van der Waals surface area contributed by atoms with Gasteiger partial charge in [-0.15, -0.1) is 0 Å². The van der Waals surface area contributed by atoms with Crippen LogP contribution < -0.4 is 0 Å². The van der Waals surface area contributed by atoms with Gasteiger partial charge in [0.1, 0.15) is 12.4 Å². The first-order chi connectivity index (χ1) is 5.24. The third-order valence-electron chi connectivity index (χ3n) is 0.974. The maximum absolute atomic E-state index is 10.0. The third-order valence-corrected chi connectivity index (χ3v) is 0.974. The van der Waals surface area contributed by atoms with Crippen LogP contribution in [0, 0.1) is 10.1 Å². The molecule has 6 heteroatoms. The second-order valence-electron chi connectivity index (χ2n) is 1.67. The van der Waals surface area contributed by atoms with Crippen molar-refractivity contribution in [1.82, 2.24) is 9.97 Å². The molecule has 0 amide bonds. The molecule has 0 spiro atoms. The minimum Gasteiger partial charge on any atom is -0.294 e. The molecule has 11 heavy (non-hydrogen) atoms. The van der Waals surface area contributed by atoms with E-state index in [4.69, 9.17) is 0 Å². The Balaban J connectivity index is 3.00. The van der Waals surface area contributed by atoms with Crippen molar-refractivity contribution in [1.29, 1.82) is 0 Å². The molecule has 56 valence electrons. The first-order valence-corrected chi connectivity index (χ1v) is 2.65. The summed E-state index contributed by atoms with van der Waals surface area (Å²) in [6.07, 6.45) is 2.39. The van der Waals surface area contributed by atoms with Gasteiger partial charge < -0.3 is 0 Å². The molecule has 0 unspecified atom stereocenters. The highest BCUT2D eigenvalue weighted by Crippen LogP contribution is 2.04. The molecule has 0 N–H and O–H groups in total. The van der Waals surface area contributed by atoms with E-state index in [0.717, 1.165) is 12.4 Å². The standard InChI is InChI=1S/C5H3N3O3/c9-3-5-6-1-4(2-7-5)8(10)11/h1-3H. The van der Waals surface area contributed by atoms with Crippen LogP contribution >= 0.6 is 0 Å². The molecular weight excluding hydrogens is 150 g/mol. The molecule has 0 aliphatic rings. The second kappa shape index (κ2) is 2.82. The quantitative estimate of drug-likeness (QED) is 0.344. The van der Waals surface area contributed by atoms with Crippen molar-refractivity contribution in [3.63, 3.8) is 0 Å². The highest BCUT2D eigenvalue weighted by atomic mass is 16.6. The zero-order valence-corrected chi connectivity index (χ0v) is 5.30. The van der Waals surface area contributed by atoms with Gasteiger partial charge in [0.05, 0.1) is 4.92 Å². The lowest BCUT2D eigenvalue weighted by Gasteiger charge is -1.88. The maximum atomic E-state index is 10.0. The molecule has 6 nitrogen and oxygen atoms in total. The Labute approximate surface area is 61.1 Å². The van der Waals surface area contributed by atoms with Gasteiger partial charge in [-0.3, -0.25) is 14.9 Å². The van der Waals surface area contributed by atoms with Crippen LogP contribution in [0.2, 0.25) is 0 Å². The minimum atomic E-state index is -0.630. The van der Waals surface area contributed by atoms with E-state index in [1.165, 1.54) is 0 Å². The summed E-state index contributed by atoms with van der Waals surface area (Å²) in [6, 6.07) is 0. The fourth-order valence-corrected chi connectivity index (χ4v) is 0.486. The molecule has 1 aromatic rings. The molecule has 0 aromatic carbocycles. The van der Waals surface area contributed by atoms with Gasteiger partial charge in [-0.25, -0.2) is 9.97 Å². The highest BCUT2D eigenvalue weighted by Gasteiger charge is 2.04. The van der Waals surface area contributed by atoms with Crippen molar-refractivity contribution >= 4 is 12.0 Å². The van der Waals surface area contributed by atoms with E-state index in [0.29, 0.717) is 6.29 Å². The van der Waals surface area contributed by atoms with Crippen molar-refractivity contribution in [3.8, 4) is 0 Å². The highest BCUT2D eigenvalue weighted by molar-refractivity contribution is 5.68. The second-order valence-corrected chi connectivity index (χ2v) is 1.67. The molecule has 0 saturated heterocycles. The Morgan fingerprint density at radius 1 is 1.45 bits per heavy atom. The van der Waals surface area contributed by atoms with Crippen LogP contribution in [0.3, 0.4) is 0 Å². The van der Waals surface area contributed by atoms with E-state index in [9.17, 15) is 14.9 Å². The Kier molecular flexibility index (Phi) is 1.86. The van der Waals surface area contributed by atoms with Gasteiger partial charge in [-0.05, 0) is 0 Å². The van der Waals surface area contributed by atoms with Crippen molar-refractivity contribution in [2.24, 2.45) is 0 Å². The van der Waals surface area contributed by atoms with Gasteiger partial charge in [0.15, 0.2) is 12.1 Å². The van der Waals surface area contributed by atoms with Crippen LogP contribution in [-0.2, 0) is 0 Å². The average molecular weight is 153 g/mol. The number of aldehydes is 1. The van der Waals surface area contributed by atoms with Crippen LogP contribution in [0.4, 0.5) is 5.69 Å². The van der Waals surface area contributed by atoms with Gasteiger partial charge in [0.25, 0.3) is 0 Å². The Morgan fingerprint density at radius 3 is 2.36 bits per heavy atom. The number of rotatable bonds is 2. The summed E-state index contributed by atoms with van der Waals surface area (Å²) in [5, 5.41) is 10.0. The van der Waals surface area contributed by atoms with E-state index in [2.05, 4.69) is 9.97 Å². The molecule has 1 aromatic heterocycles. The zero-order valence-electron chi connectivity index (χ0n) is 5.30. The topological polar surface area (TPSA) is 86.0 Å². The molecule has 0 atom stereocenters. The predicted molar refractivity (Wildman–Crippen MR) is 34.1 cm³/mol. The largest absolute Gasteiger partial charge is 0.305 e. The van der Waals surface area contributed by atoms with Gasteiger partial charge in [0, 0.05) is 0 Å². The van der Waals surface area contributed by atoms with E-state index < -0.39 is 4.92 Å². The first-order valence-electron chi connectivity index (χ1n) is 2.65. The van der Waals surface area contributed by atoms with Gasteiger partial charge in [-0.1, -0.05) is 0 Å². The smallest absolute Gasteiger partial charge is 0.294 e. The molecule has 0 radical (unpaired) electrons. The summed E-state index contributed by atoms with van der Waals surface area (Å²) in [6.45, 7) is 0. The molecule has 0 aliphatic carbocycles. The van der Waals surface area contributed by atoms with E-state index in [-0.39, 0.29) is 11.5 Å². The minimum absolute atomic E-state index is 0.0596. The number of carbonyl (C=O) groups excluding carboxylic acids is 1. The fourth-order valence-electron chi connectivity index (χ4n) is 0.486. The third kappa shape index (κ3) is 1.54. The summed E-state index contributed by atoms with van der Waals surface area (Å²) in [4.78, 5) is 26.2. The summed E-state index contributed by atoms with van der Waals surface area (Å²) < 4.78 is 0. The predicted octanol–water partition coefficient (Wildman–Crippen LogP) is 0.197. The van der Waals surface area contributed by atoms with Crippen LogP contribution in [0.25, 0.3) is 0 Å². The average Bonchev–Trinajstić information content (AvgIpc) is 2.05. The van der Waals surface area contributed by atoms with E-state index in [1.54, 1.807) is 0 Å². The fraction of sp³-hybridized carbons (Fsp3) is 0. The van der Waals surface area contributed by atoms with Gasteiger partial charge in [-0.2, -0.15) is 0 Å². The summed E-state index contributed by atoms with van der Waals surface area (Å²) >= 11 is 0. The molecule has 0 aliphatic heterocycles. The van der Waals surface area contributed by atoms with Crippen LogP contribution in [0.15, 0.2) is 12.4 Å². The molecule has 0 bridgehead atoms. The zero-order chi connectivity index (χ0) is 8.27. The van der Waals surface area contributed by atoms with Crippen LogP contribution in [0.1, 0.15) is 10.6 Å². The van der Waals surface area contributed by atoms with Crippen LogP contribution in [-0.4, -0.2) is 21.2 Å². The van der Waals surface area contributed by atoms with E-state index >= 15 is 0 Å². The Morgan fingerprint density at radius 2 is 2.00 bits per heavy atom. The number of hydrogen-bond acceptors (Lipinski definition) is 5. The number of hydrogen-bond donors (Lipinski definition) is 0. The number of aromatic nitrogens is 2. The van der Waals surface area contributed by atoms with Crippen molar-refractivity contribution < 1.29 is 9.72 Å². The lowest BCUT2D eigenvalue weighted by atomic mass is 10.5. The summed E-state index contributed by atoms with van der Waals surface area (Å²) in [5.41, 5.74) is -0.226. The van der Waals surface area contributed by atoms with Gasteiger partial charge >= 0.3 is 5.69 Å².